The first-order valence-electron chi connectivity index (χ1n) is 4.82. The second-order valence-electron chi connectivity index (χ2n) is 3.34. The van der Waals surface area contributed by atoms with Crippen LogP contribution in [0.1, 0.15) is 5.69 Å². The normalized spacial score (nSPS) is 9.88. The van der Waals surface area contributed by atoms with E-state index in [0.29, 0.717) is 11.4 Å². The summed E-state index contributed by atoms with van der Waals surface area (Å²) in [6.07, 6.45) is 0. The monoisotopic (exact) mass is 230 g/mol. The number of aromatic nitrogens is 2. The highest BCUT2D eigenvalue weighted by molar-refractivity contribution is 5.51. The van der Waals surface area contributed by atoms with Gasteiger partial charge in [-0.1, -0.05) is 0 Å². The highest BCUT2D eigenvalue weighted by Gasteiger charge is 2.11. The van der Waals surface area contributed by atoms with E-state index in [1.165, 1.54) is 4.57 Å². The third-order valence-electron chi connectivity index (χ3n) is 2.37. The Morgan fingerprint density at radius 3 is 2.53 bits per heavy atom. The molecule has 1 aromatic heterocycles. The third kappa shape index (κ3) is 1.74. The molecule has 1 heterocycles. The van der Waals surface area contributed by atoms with Gasteiger partial charge in [-0.3, -0.25) is 4.98 Å². The van der Waals surface area contributed by atoms with Crippen molar-refractivity contribution in [2.24, 2.45) is 0 Å². The van der Waals surface area contributed by atoms with E-state index in [4.69, 9.17) is 15.7 Å². The summed E-state index contributed by atoms with van der Waals surface area (Å²) in [5, 5.41) is 8.75. The maximum atomic E-state index is 11.6. The summed E-state index contributed by atoms with van der Waals surface area (Å²) in [7, 11) is 1.56. The van der Waals surface area contributed by atoms with Gasteiger partial charge in [0.2, 0.25) is 0 Å². The average Bonchev–Trinajstić information content (AvgIpc) is 2.64. The van der Waals surface area contributed by atoms with Gasteiger partial charge in [-0.15, -0.1) is 0 Å². The Morgan fingerprint density at radius 1 is 1.41 bits per heavy atom. The number of rotatable bonds is 2. The van der Waals surface area contributed by atoms with Gasteiger partial charge >= 0.3 is 5.69 Å². The number of nitrogens with one attached hydrogen (secondary N) is 1. The summed E-state index contributed by atoms with van der Waals surface area (Å²) in [4.78, 5) is 14.0. The van der Waals surface area contributed by atoms with E-state index in [2.05, 4.69) is 4.98 Å². The van der Waals surface area contributed by atoms with Crippen LogP contribution in [0.4, 0.5) is 5.82 Å². The molecule has 0 aliphatic carbocycles. The maximum absolute atomic E-state index is 11.6. The Bertz CT molecular complexity index is 631. The number of nitriles is 1. The first kappa shape index (κ1) is 10.8. The molecule has 0 fully saturated rings. The number of hydrogen-bond donors (Lipinski definition) is 2. The molecule has 0 atom stereocenters. The number of hydrogen-bond acceptors (Lipinski definition) is 4. The number of nitrogens with two attached hydrogens (primary N) is 1. The number of aromatic amines is 1. The topological polar surface area (TPSA) is 96.8 Å². The molecule has 86 valence electrons. The molecule has 0 aliphatic heterocycles. The van der Waals surface area contributed by atoms with Crippen LogP contribution in [0.3, 0.4) is 0 Å². The fourth-order valence-corrected chi connectivity index (χ4v) is 1.52. The molecule has 6 heteroatoms. The van der Waals surface area contributed by atoms with Crippen molar-refractivity contribution in [3.8, 4) is 17.5 Å². The fraction of sp³-hybridized carbons (Fsp3) is 0.0909. The van der Waals surface area contributed by atoms with E-state index in [-0.39, 0.29) is 11.5 Å². The van der Waals surface area contributed by atoms with E-state index < -0.39 is 5.69 Å². The predicted molar refractivity (Wildman–Crippen MR) is 62.1 cm³/mol. The number of imidazole rings is 1. The van der Waals surface area contributed by atoms with Crippen molar-refractivity contribution < 1.29 is 4.74 Å². The van der Waals surface area contributed by atoms with Crippen molar-refractivity contribution in [2.45, 2.75) is 0 Å². The highest BCUT2D eigenvalue weighted by atomic mass is 16.5. The molecule has 0 saturated carbocycles. The second kappa shape index (κ2) is 4.06. The summed E-state index contributed by atoms with van der Waals surface area (Å²) in [5.41, 5.74) is 5.89. The Morgan fingerprint density at radius 2 is 2.06 bits per heavy atom. The molecule has 0 unspecified atom stereocenters. The van der Waals surface area contributed by atoms with Crippen molar-refractivity contribution in [3.63, 3.8) is 0 Å². The number of methoxy groups -OCH3 is 1. The van der Waals surface area contributed by atoms with Gasteiger partial charge in [0.1, 0.15) is 17.6 Å². The summed E-state index contributed by atoms with van der Waals surface area (Å²) >= 11 is 0. The zero-order chi connectivity index (χ0) is 12.4. The van der Waals surface area contributed by atoms with Gasteiger partial charge < -0.3 is 10.5 Å². The summed E-state index contributed by atoms with van der Waals surface area (Å²) in [5.74, 6) is 0.777. The zero-order valence-corrected chi connectivity index (χ0v) is 9.10. The molecular weight excluding hydrogens is 220 g/mol. The third-order valence-corrected chi connectivity index (χ3v) is 2.37. The van der Waals surface area contributed by atoms with Crippen molar-refractivity contribution >= 4 is 5.82 Å². The van der Waals surface area contributed by atoms with Crippen LogP contribution in [0.15, 0.2) is 29.1 Å². The first-order chi connectivity index (χ1) is 8.17. The minimum atomic E-state index is -0.441. The Hall–Kier alpha value is -2.68. The van der Waals surface area contributed by atoms with Gasteiger partial charge in [-0.2, -0.15) is 5.26 Å². The number of nitrogens with zero attached hydrogens (tertiary/aromatic N) is 2. The van der Waals surface area contributed by atoms with Gasteiger partial charge in [-0.25, -0.2) is 9.36 Å². The van der Waals surface area contributed by atoms with Gasteiger partial charge in [0.25, 0.3) is 0 Å². The van der Waals surface area contributed by atoms with E-state index in [9.17, 15) is 4.79 Å². The van der Waals surface area contributed by atoms with Crippen molar-refractivity contribution in [2.75, 3.05) is 12.8 Å². The molecule has 6 nitrogen and oxygen atoms in total. The van der Waals surface area contributed by atoms with E-state index >= 15 is 0 Å². The molecule has 3 N–H and O–H groups in total. The van der Waals surface area contributed by atoms with E-state index in [1.807, 2.05) is 6.07 Å². The summed E-state index contributed by atoms with van der Waals surface area (Å²) < 4.78 is 6.25. The molecular formula is C11H10N4O2. The number of H-pyrrole nitrogens is 1. The Kier molecular flexibility index (Phi) is 2.58. The van der Waals surface area contributed by atoms with Gasteiger partial charge in [0, 0.05) is 0 Å². The van der Waals surface area contributed by atoms with Crippen LogP contribution in [0.2, 0.25) is 0 Å². The lowest BCUT2D eigenvalue weighted by molar-refractivity contribution is 0.414. The lowest BCUT2D eigenvalue weighted by atomic mass is 10.3. The van der Waals surface area contributed by atoms with Gasteiger partial charge in [0.05, 0.1) is 12.8 Å². The maximum Gasteiger partial charge on any atom is 0.332 e. The second-order valence-corrected chi connectivity index (χ2v) is 3.34. The molecule has 2 aromatic rings. The van der Waals surface area contributed by atoms with E-state index in [1.54, 1.807) is 31.4 Å². The van der Waals surface area contributed by atoms with Crippen molar-refractivity contribution in [1.82, 2.24) is 9.55 Å². The van der Waals surface area contributed by atoms with Crippen molar-refractivity contribution in [3.05, 3.63) is 40.4 Å². The van der Waals surface area contributed by atoms with E-state index in [0.717, 1.165) is 0 Å². The van der Waals surface area contributed by atoms with Crippen molar-refractivity contribution in [1.29, 1.82) is 5.26 Å². The molecule has 0 amide bonds. The largest absolute Gasteiger partial charge is 0.497 e. The predicted octanol–water partition coefficient (Wildman–Crippen LogP) is 0.628. The van der Waals surface area contributed by atoms with Crippen LogP contribution in [-0.2, 0) is 0 Å². The quantitative estimate of drug-likeness (QED) is 0.790. The first-order valence-corrected chi connectivity index (χ1v) is 4.82. The molecule has 1 aromatic carbocycles. The van der Waals surface area contributed by atoms with Gasteiger partial charge in [0.15, 0.2) is 5.69 Å². The molecule has 0 aliphatic rings. The lowest BCUT2D eigenvalue weighted by Gasteiger charge is -2.04. The number of anilines is 1. The number of ether oxygens (including phenoxy) is 1. The zero-order valence-electron chi connectivity index (χ0n) is 9.10. The van der Waals surface area contributed by atoms with Gasteiger partial charge in [-0.05, 0) is 24.3 Å². The fourth-order valence-electron chi connectivity index (χ4n) is 1.52. The van der Waals surface area contributed by atoms with Crippen LogP contribution >= 0.6 is 0 Å². The summed E-state index contributed by atoms with van der Waals surface area (Å²) in [6.45, 7) is 0. The summed E-state index contributed by atoms with van der Waals surface area (Å²) in [6, 6.07) is 8.61. The number of nitrogen functional groups attached to an aromatic ring is 1. The highest BCUT2D eigenvalue weighted by Crippen LogP contribution is 2.17. The standard InChI is InChI=1S/C11H10N4O2/c1-17-8-4-2-7(3-5-8)15-10(13)9(6-12)14-11(15)16/h2-5H,13H2,1H3,(H,14,16). The molecule has 0 bridgehead atoms. The lowest BCUT2D eigenvalue weighted by Crippen LogP contribution is -2.16. The van der Waals surface area contributed by atoms with Crippen LogP contribution in [0.25, 0.3) is 5.69 Å². The SMILES string of the molecule is COc1ccc(-n2c(N)c(C#N)[nH]c2=O)cc1. The Balaban J connectivity index is 2.57. The van der Waals surface area contributed by atoms with Crippen LogP contribution in [0, 0.1) is 11.3 Å². The average molecular weight is 230 g/mol. The molecule has 0 spiro atoms. The minimum absolute atomic E-state index is 0.0609. The van der Waals surface area contributed by atoms with Crippen LogP contribution in [0.5, 0.6) is 5.75 Å². The molecule has 0 radical (unpaired) electrons. The smallest absolute Gasteiger partial charge is 0.332 e. The molecule has 2 rings (SSSR count). The Labute approximate surface area is 96.9 Å². The molecule has 17 heavy (non-hydrogen) atoms. The molecule has 0 saturated heterocycles. The minimum Gasteiger partial charge on any atom is -0.497 e. The number of benzene rings is 1. The van der Waals surface area contributed by atoms with Crippen LogP contribution < -0.4 is 16.2 Å². The van der Waals surface area contributed by atoms with Crippen LogP contribution in [-0.4, -0.2) is 16.7 Å².